The number of amides is 1. The van der Waals surface area contributed by atoms with E-state index < -0.39 is 5.97 Å². The summed E-state index contributed by atoms with van der Waals surface area (Å²) in [6.07, 6.45) is 5.77. The number of methoxy groups -OCH3 is 1. The highest BCUT2D eigenvalue weighted by molar-refractivity contribution is 5.89. The maximum absolute atomic E-state index is 12.1. The summed E-state index contributed by atoms with van der Waals surface area (Å²) >= 11 is 0. The zero-order valence-electron chi connectivity index (χ0n) is 13.9. The third-order valence-electron chi connectivity index (χ3n) is 3.97. The van der Waals surface area contributed by atoms with Crippen LogP contribution < -0.4 is 10.1 Å². The van der Waals surface area contributed by atoms with Gasteiger partial charge in [0.2, 0.25) is 5.91 Å². The van der Waals surface area contributed by atoms with Crippen LogP contribution in [0.25, 0.3) is 10.9 Å². The summed E-state index contributed by atoms with van der Waals surface area (Å²) in [6.45, 7) is 0.623. The molecule has 6 heteroatoms. The van der Waals surface area contributed by atoms with Gasteiger partial charge in [0, 0.05) is 30.1 Å². The molecule has 0 bridgehead atoms. The second-order valence-corrected chi connectivity index (χ2v) is 5.81. The molecule has 2 aromatic rings. The SMILES string of the molecule is COc1ccc2[nH]cc(CC(=O)NCCCCCCC(=O)O)c2c1. The van der Waals surface area contributed by atoms with Crippen molar-refractivity contribution < 1.29 is 19.4 Å². The molecular weight excluding hydrogens is 308 g/mol. The van der Waals surface area contributed by atoms with Crippen LogP contribution in [0, 0.1) is 0 Å². The molecule has 2 rings (SSSR count). The maximum atomic E-state index is 12.1. The van der Waals surface area contributed by atoms with Crippen LogP contribution in [-0.4, -0.2) is 35.6 Å². The van der Waals surface area contributed by atoms with Crippen LogP contribution in [0.4, 0.5) is 0 Å². The molecule has 0 unspecified atom stereocenters. The summed E-state index contributed by atoms with van der Waals surface area (Å²) in [6, 6.07) is 5.75. The van der Waals surface area contributed by atoms with E-state index in [1.54, 1.807) is 7.11 Å². The summed E-state index contributed by atoms with van der Waals surface area (Å²) in [4.78, 5) is 25.6. The minimum absolute atomic E-state index is 0.00995. The Morgan fingerprint density at radius 2 is 2.00 bits per heavy atom. The molecule has 1 aromatic carbocycles. The first-order valence-electron chi connectivity index (χ1n) is 8.22. The maximum Gasteiger partial charge on any atom is 0.303 e. The summed E-state index contributed by atoms with van der Waals surface area (Å²) in [5, 5.41) is 12.5. The zero-order valence-corrected chi connectivity index (χ0v) is 13.9. The van der Waals surface area contributed by atoms with E-state index in [4.69, 9.17) is 9.84 Å². The van der Waals surface area contributed by atoms with Gasteiger partial charge in [0.05, 0.1) is 13.5 Å². The van der Waals surface area contributed by atoms with Crippen LogP contribution >= 0.6 is 0 Å². The van der Waals surface area contributed by atoms with Crippen LogP contribution in [0.5, 0.6) is 5.75 Å². The molecule has 0 atom stereocenters. The predicted octanol–water partition coefficient (Wildman–Crippen LogP) is 2.87. The summed E-state index contributed by atoms with van der Waals surface area (Å²) < 4.78 is 5.23. The minimum atomic E-state index is -0.751. The number of aromatic nitrogens is 1. The molecule has 130 valence electrons. The van der Waals surface area contributed by atoms with E-state index in [2.05, 4.69) is 10.3 Å². The minimum Gasteiger partial charge on any atom is -0.497 e. The van der Waals surface area contributed by atoms with Gasteiger partial charge >= 0.3 is 5.97 Å². The van der Waals surface area contributed by atoms with Crippen LogP contribution in [0.3, 0.4) is 0 Å². The lowest BCUT2D eigenvalue weighted by Gasteiger charge is -2.05. The fourth-order valence-corrected chi connectivity index (χ4v) is 2.65. The average Bonchev–Trinajstić information content (AvgIpc) is 2.95. The molecule has 0 fully saturated rings. The molecule has 0 saturated heterocycles. The van der Waals surface area contributed by atoms with Crippen molar-refractivity contribution in [3.8, 4) is 5.75 Å². The van der Waals surface area contributed by atoms with Crippen molar-refractivity contribution in [1.29, 1.82) is 0 Å². The van der Waals surface area contributed by atoms with E-state index in [0.717, 1.165) is 41.5 Å². The van der Waals surface area contributed by atoms with Crippen LogP contribution in [0.1, 0.15) is 37.7 Å². The number of hydrogen-bond acceptors (Lipinski definition) is 3. The van der Waals surface area contributed by atoms with Crippen LogP contribution in [0.15, 0.2) is 24.4 Å². The third-order valence-corrected chi connectivity index (χ3v) is 3.97. The first-order chi connectivity index (χ1) is 11.6. The first-order valence-corrected chi connectivity index (χ1v) is 8.22. The number of carbonyl (C=O) groups excluding carboxylic acids is 1. The monoisotopic (exact) mass is 332 g/mol. The number of benzene rings is 1. The number of aromatic amines is 1. The Morgan fingerprint density at radius 3 is 2.75 bits per heavy atom. The quantitative estimate of drug-likeness (QED) is 0.583. The Kier molecular flexibility index (Phi) is 6.66. The number of carboxylic acids is 1. The number of carbonyl (C=O) groups is 2. The van der Waals surface area contributed by atoms with Crippen molar-refractivity contribution in [2.45, 2.75) is 38.5 Å². The molecule has 0 aliphatic rings. The first kappa shape index (κ1) is 17.8. The molecule has 0 spiro atoms. The molecule has 0 saturated carbocycles. The lowest BCUT2D eigenvalue weighted by molar-refractivity contribution is -0.137. The molecular formula is C18H24N2O4. The van der Waals surface area contributed by atoms with E-state index in [9.17, 15) is 9.59 Å². The highest BCUT2D eigenvalue weighted by atomic mass is 16.5. The number of fused-ring (bicyclic) bond motifs is 1. The third kappa shape index (κ3) is 5.30. The standard InChI is InChI=1S/C18H24N2O4/c1-24-14-7-8-16-15(11-14)13(12-20-16)10-17(21)19-9-5-3-2-4-6-18(22)23/h7-8,11-12,20H,2-6,9-10H2,1H3,(H,19,21)(H,22,23). The fraction of sp³-hybridized carbons (Fsp3) is 0.444. The van der Waals surface area contributed by atoms with Gasteiger partial charge in [-0.3, -0.25) is 9.59 Å². The Morgan fingerprint density at radius 1 is 1.21 bits per heavy atom. The zero-order chi connectivity index (χ0) is 17.4. The largest absolute Gasteiger partial charge is 0.497 e. The molecule has 1 amide bonds. The van der Waals surface area contributed by atoms with Crippen LogP contribution in [0.2, 0.25) is 0 Å². The van der Waals surface area contributed by atoms with Gasteiger partial charge in [0.25, 0.3) is 0 Å². The van der Waals surface area contributed by atoms with Gasteiger partial charge in [0.15, 0.2) is 0 Å². The molecule has 24 heavy (non-hydrogen) atoms. The highest BCUT2D eigenvalue weighted by Crippen LogP contribution is 2.23. The van der Waals surface area contributed by atoms with Gasteiger partial charge < -0.3 is 20.1 Å². The number of rotatable bonds is 10. The molecule has 0 aliphatic heterocycles. The van der Waals surface area contributed by atoms with Gasteiger partial charge in [0.1, 0.15) is 5.75 Å². The number of aliphatic carboxylic acids is 1. The van der Waals surface area contributed by atoms with Crippen molar-refractivity contribution in [2.24, 2.45) is 0 Å². The number of hydrogen-bond donors (Lipinski definition) is 3. The molecule has 0 aliphatic carbocycles. The van der Waals surface area contributed by atoms with Crippen molar-refractivity contribution in [2.75, 3.05) is 13.7 Å². The smallest absolute Gasteiger partial charge is 0.303 e. The lowest BCUT2D eigenvalue weighted by atomic mass is 10.1. The van der Waals surface area contributed by atoms with E-state index in [1.165, 1.54) is 0 Å². The van der Waals surface area contributed by atoms with E-state index in [1.807, 2.05) is 24.4 Å². The summed E-state index contributed by atoms with van der Waals surface area (Å²) in [5.41, 5.74) is 1.93. The van der Waals surface area contributed by atoms with Crippen LogP contribution in [-0.2, 0) is 16.0 Å². The Bertz CT molecular complexity index is 693. The number of ether oxygens (including phenoxy) is 1. The Balaban J connectivity index is 1.73. The normalized spacial score (nSPS) is 10.7. The van der Waals surface area contributed by atoms with Gasteiger partial charge in [-0.1, -0.05) is 12.8 Å². The predicted molar refractivity (Wildman–Crippen MR) is 92.3 cm³/mol. The number of unbranched alkanes of at least 4 members (excludes halogenated alkanes) is 3. The highest BCUT2D eigenvalue weighted by Gasteiger charge is 2.09. The van der Waals surface area contributed by atoms with E-state index in [-0.39, 0.29) is 12.3 Å². The van der Waals surface area contributed by atoms with Crippen molar-refractivity contribution in [3.63, 3.8) is 0 Å². The van der Waals surface area contributed by atoms with Crippen molar-refractivity contribution >= 4 is 22.8 Å². The molecule has 1 aromatic heterocycles. The molecule has 6 nitrogen and oxygen atoms in total. The number of nitrogens with one attached hydrogen (secondary N) is 2. The second-order valence-electron chi connectivity index (χ2n) is 5.81. The fourth-order valence-electron chi connectivity index (χ4n) is 2.65. The Hall–Kier alpha value is -2.50. The number of H-pyrrole nitrogens is 1. The molecule has 0 radical (unpaired) electrons. The van der Waals surface area contributed by atoms with Gasteiger partial charge in [-0.2, -0.15) is 0 Å². The van der Waals surface area contributed by atoms with E-state index >= 15 is 0 Å². The van der Waals surface area contributed by atoms with Crippen molar-refractivity contribution in [3.05, 3.63) is 30.0 Å². The second kappa shape index (κ2) is 8.96. The summed E-state index contributed by atoms with van der Waals surface area (Å²) in [5.74, 6) is 0.00744. The molecule has 1 heterocycles. The topological polar surface area (TPSA) is 91.4 Å². The van der Waals surface area contributed by atoms with Crippen molar-refractivity contribution in [1.82, 2.24) is 10.3 Å². The lowest BCUT2D eigenvalue weighted by Crippen LogP contribution is -2.26. The van der Waals surface area contributed by atoms with Gasteiger partial charge in [-0.15, -0.1) is 0 Å². The number of carboxylic acid groups (broad SMARTS) is 1. The van der Waals surface area contributed by atoms with Gasteiger partial charge in [-0.05, 0) is 36.6 Å². The average molecular weight is 332 g/mol. The summed E-state index contributed by atoms with van der Waals surface area (Å²) in [7, 11) is 1.62. The van der Waals surface area contributed by atoms with Gasteiger partial charge in [-0.25, -0.2) is 0 Å². The van der Waals surface area contributed by atoms with E-state index in [0.29, 0.717) is 19.4 Å². The Labute approximate surface area is 141 Å². The molecule has 3 N–H and O–H groups in total.